The van der Waals surface area contributed by atoms with Crippen LogP contribution >= 0.6 is 0 Å². The van der Waals surface area contributed by atoms with E-state index < -0.39 is 11.8 Å². The lowest BCUT2D eigenvalue weighted by atomic mass is 10.00. The zero-order chi connectivity index (χ0) is 14.0. The number of aromatic nitrogens is 1. The number of aromatic amines is 1. The second-order valence-electron chi connectivity index (χ2n) is 4.74. The molecule has 4 nitrogen and oxygen atoms in total. The molecule has 19 heavy (non-hydrogen) atoms. The Kier molecular flexibility index (Phi) is 3.93. The van der Waals surface area contributed by atoms with Crippen molar-refractivity contribution in [2.24, 2.45) is 5.92 Å². The minimum absolute atomic E-state index is 0.128. The number of furan rings is 1. The summed E-state index contributed by atoms with van der Waals surface area (Å²) < 4.78 is 23.7. The number of ether oxygens (including phenoxy) is 1. The molecule has 0 radical (unpaired) electrons. The van der Waals surface area contributed by atoms with E-state index >= 15 is 0 Å². The molecule has 104 valence electrons. The molecule has 0 aromatic carbocycles. The van der Waals surface area contributed by atoms with Crippen LogP contribution in [0.3, 0.4) is 0 Å². The maximum Gasteiger partial charge on any atom is 0.355 e. The molecule has 2 aromatic rings. The molecule has 1 N–H and O–H groups in total. The number of nitrogens with one attached hydrogen (secondary N) is 1. The molecule has 2 rings (SSSR count). The number of carbonyl (C=O) groups excluding carboxylic acids is 1. The Hall–Kier alpha value is -1.78. The predicted octanol–water partition coefficient (Wildman–Crippen LogP) is 3.88. The Balaban J connectivity index is 2.14. The van der Waals surface area contributed by atoms with E-state index in [1.54, 1.807) is 0 Å². The van der Waals surface area contributed by atoms with Gasteiger partial charge in [-0.1, -0.05) is 27.2 Å². The van der Waals surface area contributed by atoms with Gasteiger partial charge in [0, 0.05) is 6.07 Å². The van der Waals surface area contributed by atoms with E-state index in [1.165, 1.54) is 6.07 Å². The second-order valence-corrected chi connectivity index (χ2v) is 4.74. The summed E-state index contributed by atoms with van der Waals surface area (Å²) in [7, 11) is 0. The summed E-state index contributed by atoms with van der Waals surface area (Å²) in [6, 6.07) is 1.46. The van der Waals surface area contributed by atoms with Gasteiger partial charge in [0.25, 0.3) is 0 Å². The third kappa shape index (κ3) is 2.64. The first-order valence-corrected chi connectivity index (χ1v) is 6.53. The molecule has 0 aliphatic heterocycles. The van der Waals surface area contributed by atoms with Crippen LogP contribution in [-0.2, 0) is 4.74 Å². The molecule has 0 aliphatic rings. The van der Waals surface area contributed by atoms with Gasteiger partial charge in [-0.25, -0.2) is 9.18 Å². The van der Waals surface area contributed by atoms with Crippen molar-refractivity contribution in [1.82, 2.24) is 4.98 Å². The number of carbonyl (C=O) groups is 1. The van der Waals surface area contributed by atoms with Crippen LogP contribution in [0.4, 0.5) is 4.39 Å². The maximum absolute atomic E-state index is 13.3. The summed E-state index contributed by atoms with van der Waals surface area (Å²) in [6.45, 7) is 6.07. The Morgan fingerprint density at radius 1 is 1.47 bits per heavy atom. The van der Waals surface area contributed by atoms with E-state index in [2.05, 4.69) is 11.9 Å². The number of rotatable bonds is 5. The molecule has 0 amide bonds. The highest BCUT2D eigenvalue weighted by atomic mass is 19.1. The summed E-state index contributed by atoms with van der Waals surface area (Å²) in [5.41, 5.74) is 0.736. The highest BCUT2D eigenvalue weighted by molar-refractivity contribution is 5.93. The van der Waals surface area contributed by atoms with E-state index in [1.807, 2.05) is 13.8 Å². The minimum atomic E-state index is -0.511. The topological polar surface area (TPSA) is 55.2 Å². The van der Waals surface area contributed by atoms with Crippen molar-refractivity contribution in [3.63, 3.8) is 0 Å². The van der Waals surface area contributed by atoms with Gasteiger partial charge in [-0.15, -0.1) is 0 Å². The van der Waals surface area contributed by atoms with E-state index in [-0.39, 0.29) is 17.3 Å². The third-order valence-corrected chi connectivity index (χ3v) is 3.47. The average Bonchev–Trinajstić information content (AvgIpc) is 2.97. The molecular formula is C14H18FNO3. The van der Waals surface area contributed by atoms with Crippen LogP contribution in [0, 0.1) is 11.7 Å². The number of H-pyrrole nitrogens is 1. The molecule has 0 spiro atoms. The Labute approximate surface area is 110 Å². The first kappa shape index (κ1) is 13.6. The summed E-state index contributed by atoms with van der Waals surface area (Å²) in [4.78, 5) is 14.7. The van der Waals surface area contributed by atoms with Crippen LogP contribution in [0.25, 0.3) is 11.1 Å². The van der Waals surface area contributed by atoms with Crippen LogP contribution in [-0.4, -0.2) is 17.1 Å². The smallest absolute Gasteiger partial charge is 0.355 e. The summed E-state index contributed by atoms with van der Waals surface area (Å²) in [6.07, 6.45) is 2.57. The van der Waals surface area contributed by atoms with Gasteiger partial charge in [0.1, 0.15) is 23.6 Å². The summed E-state index contributed by atoms with van der Waals surface area (Å²) in [5, 5.41) is 0. The minimum Gasteiger partial charge on any atom is -0.459 e. The fourth-order valence-electron chi connectivity index (χ4n) is 2.06. The van der Waals surface area contributed by atoms with Gasteiger partial charge in [-0.2, -0.15) is 0 Å². The van der Waals surface area contributed by atoms with Crippen LogP contribution in [0.5, 0.6) is 0 Å². The molecule has 0 bridgehead atoms. The molecular weight excluding hydrogens is 249 g/mol. The van der Waals surface area contributed by atoms with Gasteiger partial charge >= 0.3 is 5.97 Å². The van der Waals surface area contributed by atoms with Gasteiger partial charge < -0.3 is 14.1 Å². The molecule has 0 fully saturated rings. The zero-order valence-corrected chi connectivity index (χ0v) is 11.3. The average molecular weight is 267 g/mol. The monoisotopic (exact) mass is 267 g/mol. The molecule has 2 unspecified atom stereocenters. The Morgan fingerprint density at radius 3 is 2.79 bits per heavy atom. The first-order chi connectivity index (χ1) is 9.06. The van der Waals surface area contributed by atoms with E-state index in [9.17, 15) is 9.18 Å². The van der Waals surface area contributed by atoms with Gasteiger partial charge in [0.15, 0.2) is 11.4 Å². The van der Waals surface area contributed by atoms with Crippen LogP contribution < -0.4 is 0 Å². The maximum atomic E-state index is 13.3. The quantitative estimate of drug-likeness (QED) is 0.836. The van der Waals surface area contributed by atoms with Crippen LogP contribution in [0.2, 0.25) is 0 Å². The highest BCUT2D eigenvalue weighted by Crippen LogP contribution is 2.22. The summed E-state index contributed by atoms with van der Waals surface area (Å²) in [5.74, 6) is -0.690. The van der Waals surface area contributed by atoms with Crippen LogP contribution in [0.15, 0.2) is 16.7 Å². The second kappa shape index (κ2) is 5.47. The normalized spacial score (nSPS) is 14.5. The number of halogens is 1. The van der Waals surface area contributed by atoms with E-state index in [0.29, 0.717) is 11.5 Å². The van der Waals surface area contributed by atoms with Gasteiger partial charge in [0.05, 0.1) is 0 Å². The molecule has 2 heterocycles. The fraction of sp³-hybridized carbons (Fsp3) is 0.500. The lowest BCUT2D eigenvalue weighted by Gasteiger charge is -2.21. The standard InChI is InChI=1S/C14H18FNO3/c1-4-8(3)11(5-2)19-14(17)10-6-12-13(16-10)9(15)7-18-12/h6-8,11,16H,4-5H2,1-3H3. The first-order valence-electron chi connectivity index (χ1n) is 6.53. The lowest BCUT2D eigenvalue weighted by molar-refractivity contribution is 0.0140. The van der Waals surface area contributed by atoms with Gasteiger partial charge in [-0.3, -0.25) is 0 Å². The van der Waals surface area contributed by atoms with Crippen molar-refractivity contribution in [3.8, 4) is 0 Å². The van der Waals surface area contributed by atoms with Gasteiger partial charge in [0.2, 0.25) is 0 Å². The Morgan fingerprint density at radius 2 is 2.21 bits per heavy atom. The lowest BCUT2D eigenvalue weighted by Crippen LogP contribution is -2.24. The van der Waals surface area contributed by atoms with Crippen molar-refractivity contribution in [2.45, 2.75) is 39.7 Å². The molecule has 0 saturated heterocycles. The van der Waals surface area contributed by atoms with Crippen LogP contribution in [0.1, 0.15) is 44.1 Å². The van der Waals surface area contributed by atoms with E-state index in [4.69, 9.17) is 9.15 Å². The predicted molar refractivity (Wildman–Crippen MR) is 69.5 cm³/mol. The zero-order valence-electron chi connectivity index (χ0n) is 11.3. The van der Waals surface area contributed by atoms with E-state index in [0.717, 1.165) is 19.1 Å². The van der Waals surface area contributed by atoms with Crippen molar-refractivity contribution >= 4 is 17.1 Å². The number of fused-ring (bicyclic) bond motifs is 1. The van der Waals surface area contributed by atoms with Gasteiger partial charge in [-0.05, 0) is 12.3 Å². The molecule has 2 aromatic heterocycles. The van der Waals surface area contributed by atoms with Crippen molar-refractivity contribution < 1.29 is 18.3 Å². The SMILES string of the molecule is CCC(C)C(CC)OC(=O)c1cc2occ(F)c2[nH]1. The highest BCUT2D eigenvalue weighted by Gasteiger charge is 2.22. The number of hydrogen-bond donors (Lipinski definition) is 1. The molecule has 2 atom stereocenters. The van der Waals surface area contributed by atoms with Crippen molar-refractivity contribution in [1.29, 1.82) is 0 Å². The number of esters is 1. The molecule has 5 heteroatoms. The largest absolute Gasteiger partial charge is 0.459 e. The number of hydrogen-bond acceptors (Lipinski definition) is 3. The fourth-order valence-corrected chi connectivity index (χ4v) is 2.06. The van der Waals surface area contributed by atoms with Crippen molar-refractivity contribution in [3.05, 3.63) is 23.8 Å². The molecule has 0 saturated carbocycles. The third-order valence-electron chi connectivity index (χ3n) is 3.47. The van der Waals surface area contributed by atoms with Crippen molar-refractivity contribution in [2.75, 3.05) is 0 Å². The molecule has 0 aliphatic carbocycles. The summed E-state index contributed by atoms with van der Waals surface area (Å²) >= 11 is 0. The Bertz CT molecular complexity index is 572.